The summed E-state index contributed by atoms with van der Waals surface area (Å²) in [5.74, 6) is 0.716. The van der Waals surface area contributed by atoms with Gasteiger partial charge in [-0.25, -0.2) is 4.98 Å². The first-order chi connectivity index (χ1) is 11.1. The monoisotopic (exact) mass is 330 g/mol. The molecule has 3 nitrogen and oxygen atoms in total. The van der Waals surface area contributed by atoms with Gasteiger partial charge in [0, 0.05) is 11.9 Å². The number of aliphatic hydroxyl groups excluding tert-OH is 1. The molecule has 1 unspecified atom stereocenters. The van der Waals surface area contributed by atoms with Gasteiger partial charge in [0.25, 0.3) is 0 Å². The molecule has 2 aromatic rings. The number of nitrogens with one attached hydrogen (secondary N) is 1. The van der Waals surface area contributed by atoms with Crippen LogP contribution >= 0.6 is 11.3 Å². The maximum absolute atomic E-state index is 10.0. The molecule has 0 amide bonds. The van der Waals surface area contributed by atoms with Gasteiger partial charge in [-0.3, -0.25) is 5.32 Å². The predicted molar refractivity (Wildman–Crippen MR) is 95.6 cm³/mol. The standard InChI is InChI=1S/C19H26N2OS/c1-14(2)7-8-18-21-16(12-23-18)11-20-19(13-22)10-9-15-5-3-4-6-17(15)19/h3-6,12,14,20,22H,7-11,13H2,1-2H3. The molecule has 4 heteroatoms. The van der Waals surface area contributed by atoms with Gasteiger partial charge < -0.3 is 5.11 Å². The molecule has 2 N–H and O–H groups in total. The van der Waals surface area contributed by atoms with Crippen molar-refractivity contribution in [2.75, 3.05) is 6.61 Å². The van der Waals surface area contributed by atoms with E-state index < -0.39 is 0 Å². The van der Waals surface area contributed by atoms with E-state index >= 15 is 0 Å². The molecule has 1 aliphatic carbocycles. The minimum Gasteiger partial charge on any atom is -0.394 e. The number of aryl methyl sites for hydroxylation is 2. The summed E-state index contributed by atoms with van der Waals surface area (Å²) in [7, 11) is 0. The van der Waals surface area contributed by atoms with Crippen LogP contribution in [0.4, 0.5) is 0 Å². The van der Waals surface area contributed by atoms with Gasteiger partial charge in [0.15, 0.2) is 0 Å². The fraction of sp³-hybridized carbons (Fsp3) is 0.526. The van der Waals surface area contributed by atoms with E-state index in [1.165, 1.54) is 22.6 Å². The zero-order chi connectivity index (χ0) is 16.3. The summed E-state index contributed by atoms with van der Waals surface area (Å²) in [6, 6.07) is 8.44. The lowest BCUT2D eigenvalue weighted by molar-refractivity contribution is 0.158. The highest BCUT2D eigenvalue weighted by atomic mass is 32.1. The van der Waals surface area contributed by atoms with Crippen LogP contribution in [0, 0.1) is 5.92 Å². The van der Waals surface area contributed by atoms with E-state index in [1.807, 2.05) is 0 Å². The molecule has 0 spiro atoms. The van der Waals surface area contributed by atoms with E-state index in [0.717, 1.165) is 25.0 Å². The molecule has 0 radical (unpaired) electrons. The van der Waals surface area contributed by atoms with Gasteiger partial charge in [0.05, 0.1) is 22.8 Å². The van der Waals surface area contributed by atoms with E-state index in [0.29, 0.717) is 12.5 Å². The molecule has 1 heterocycles. The number of hydrogen-bond acceptors (Lipinski definition) is 4. The highest BCUT2D eigenvalue weighted by Gasteiger charge is 2.37. The molecular weight excluding hydrogens is 304 g/mol. The summed E-state index contributed by atoms with van der Waals surface area (Å²) >= 11 is 1.75. The van der Waals surface area contributed by atoms with Gasteiger partial charge in [-0.1, -0.05) is 38.1 Å². The largest absolute Gasteiger partial charge is 0.394 e. The first-order valence-corrected chi connectivity index (χ1v) is 9.38. The Morgan fingerprint density at radius 2 is 2.17 bits per heavy atom. The average Bonchev–Trinajstić information content (AvgIpc) is 3.16. The lowest BCUT2D eigenvalue weighted by Crippen LogP contribution is -2.43. The number of fused-ring (bicyclic) bond motifs is 1. The minimum atomic E-state index is -0.307. The zero-order valence-electron chi connectivity index (χ0n) is 14.0. The Balaban J connectivity index is 1.65. The van der Waals surface area contributed by atoms with E-state index in [1.54, 1.807) is 11.3 Å². The van der Waals surface area contributed by atoms with Gasteiger partial charge >= 0.3 is 0 Å². The first-order valence-electron chi connectivity index (χ1n) is 8.50. The predicted octanol–water partition coefficient (Wildman–Crippen LogP) is 3.66. The SMILES string of the molecule is CC(C)CCc1nc(CNC2(CO)CCc3ccccc32)cs1. The van der Waals surface area contributed by atoms with Gasteiger partial charge in [-0.15, -0.1) is 11.3 Å². The summed E-state index contributed by atoms with van der Waals surface area (Å²) < 4.78 is 0. The van der Waals surface area contributed by atoms with Crippen molar-refractivity contribution in [3.05, 3.63) is 51.5 Å². The number of aliphatic hydroxyl groups is 1. The molecule has 1 atom stereocenters. The van der Waals surface area contributed by atoms with Crippen molar-refractivity contribution in [3.63, 3.8) is 0 Å². The highest BCUT2D eigenvalue weighted by Crippen LogP contribution is 2.36. The Hall–Kier alpha value is -1.23. The number of aromatic nitrogens is 1. The normalized spacial score (nSPS) is 20.2. The summed E-state index contributed by atoms with van der Waals surface area (Å²) in [5, 5.41) is 17.0. The minimum absolute atomic E-state index is 0.133. The van der Waals surface area contributed by atoms with E-state index in [9.17, 15) is 5.11 Å². The van der Waals surface area contributed by atoms with Crippen LogP contribution in [-0.4, -0.2) is 16.7 Å². The molecule has 0 aliphatic heterocycles. The molecule has 0 bridgehead atoms. The third kappa shape index (κ3) is 3.65. The molecule has 0 saturated carbocycles. The van der Waals surface area contributed by atoms with Crippen LogP contribution < -0.4 is 5.32 Å². The third-order valence-corrected chi connectivity index (χ3v) is 5.72. The third-order valence-electron chi connectivity index (χ3n) is 4.77. The van der Waals surface area contributed by atoms with Crippen molar-refractivity contribution < 1.29 is 5.11 Å². The molecule has 1 aliphatic rings. The second-order valence-electron chi connectivity index (χ2n) is 6.92. The van der Waals surface area contributed by atoms with Crippen LogP contribution in [0.2, 0.25) is 0 Å². The maximum atomic E-state index is 10.0. The van der Waals surface area contributed by atoms with Crippen molar-refractivity contribution in [2.24, 2.45) is 5.92 Å². The van der Waals surface area contributed by atoms with Crippen LogP contribution in [0.3, 0.4) is 0 Å². The Labute approximate surface area is 142 Å². The van der Waals surface area contributed by atoms with Crippen LogP contribution in [0.1, 0.15) is 48.5 Å². The van der Waals surface area contributed by atoms with E-state index in [4.69, 9.17) is 4.98 Å². The van der Waals surface area contributed by atoms with Gasteiger partial charge in [-0.05, 0) is 42.7 Å². The van der Waals surface area contributed by atoms with Crippen LogP contribution in [0.25, 0.3) is 0 Å². The zero-order valence-corrected chi connectivity index (χ0v) is 14.8. The fourth-order valence-corrected chi connectivity index (χ4v) is 4.12. The molecule has 0 saturated heterocycles. The van der Waals surface area contributed by atoms with Crippen LogP contribution in [-0.2, 0) is 24.9 Å². The van der Waals surface area contributed by atoms with Gasteiger partial charge in [0.2, 0.25) is 0 Å². The summed E-state index contributed by atoms with van der Waals surface area (Å²) in [4.78, 5) is 4.74. The van der Waals surface area contributed by atoms with Crippen molar-refractivity contribution in [2.45, 2.75) is 51.6 Å². The van der Waals surface area contributed by atoms with E-state index in [-0.39, 0.29) is 12.1 Å². The lowest BCUT2D eigenvalue weighted by Gasteiger charge is -2.29. The number of hydrogen-bond donors (Lipinski definition) is 2. The first kappa shape index (κ1) is 16.6. The summed E-state index contributed by atoms with van der Waals surface area (Å²) in [5.41, 5.74) is 3.38. The van der Waals surface area contributed by atoms with Crippen molar-refractivity contribution in [1.82, 2.24) is 10.3 Å². The second-order valence-corrected chi connectivity index (χ2v) is 7.86. The Bertz CT molecular complexity index is 652. The molecular formula is C19H26N2OS. The van der Waals surface area contributed by atoms with Crippen molar-refractivity contribution in [3.8, 4) is 0 Å². The summed E-state index contributed by atoms with van der Waals surface area (Å²) in [6.45, 7) is 5.35. The highest BCUT2D eigenvalue weighted by molar-refractivity contribution is 7.09. The average molecular weight is 330 g/mol. The Morgan fingerprint density at radius 1 is 1.35 bits per heavy atom. The van der Waals surface area contributed by atoms with Gasteiger partial charge in [0.1, 0.15) is 0 Å². The van der Waals surface area contributed by atoms with E-state index in [2.05, 4.69) is 48.8 Å². The van der Waals surface area contributed by atoms with Gasteiger partial charge in [-0.2, -0.15) is 0 Å². The fourth-order valence-electron chi connectivity index (χ4n) is 3.31. The maximum Gasteiger partial charge on any atom is 0.0928 e. The Morgan fingerprint density at radius 3 is 2.96 bits per heavy atom. The Kier molecular flexibility index (Phi) is 5.14. The lowest BCUT2D eigenvalue weighted by atomic mass is 9.92. The topological polar surface area (TPSA) is 45.2 Å². The molecule has 1 aromatic carbocycles. The quantitative estimate of drug-likeness (QED) is 0.814. The molecule has 124 valence electrons. The summed E-state index contributed by atoms with van der Waals surface area (Å²) in [6.07, 6.45) is 4.23. The number of nitrogens with zero attached hydrogens (tertiary/aromatic N) is 1. The molecule has 0 fully saturated rings. The number of rotatable bonds is 7. The van der Waals surface area contributed by atoms with Crippen molar-refractivity contribution in [1.29, 1.82) is 0 Å². The second kappa shape index (κ2) is 7.12. The van der Waals surface area contributed by atoms with Crippen molar-refractivity contribution >= 4 is 11.3 Å². The molecule has 1 aromatic heterocycles. The number of benzene rings is 1. The molecule has 23 heavy (non-hydrogen) atoms. The number of thiazole rings is 1. The van der Waals surface area contributed by atoms with Crippen LogP contribution in [0.15, 0.2) is 29.6 Å². The smallest absolute Gasteiger partial charge is 0.0928 e. The van der Waals surface area contributed by atoms with Crippen LogP contribution in [0.5, 0.6) is 0 Å². The molecule has 3 rings (SSSR count).